The third-order valence-electron chi connectivity index (χ3n) is 4.25. The highest BCUT2D eigenvalue weighted by atomic mass is 35.5. The number of halogens is 1. The lowest BCUT2D eigenvalue weighted by molar-refractivity contribution is -0.0748. The Labute approximate surface area is 130 Å². The molecule has 0 aliphatic heterocycles. The van der Waals surface area contributed by atoms with E-state index in [1.807, 2.05) is 18.2 Å². The smallest absolute Gasteiger partial charge is 0.405 e. The molecular formula is C16H22ClNO3. The fraction of sp³-hybridized carbons (Fsp3) is 0.562. The van der Waals surface area contributed by atoms with E-state index >= 15 is 0 Å². The maximum absolute atomic E-state index is 11.5. The van der Waals surface area contributed by atoms with E-state index in [-0.39, 0.29) is 5.92 Å². The molecule has 0 aromatic heterocycles. The second-order valence-corrected chi connectivity index (χ2v) is 6.23. The minimum atomic E-state index is -0.834. The minimum Gasteiger partial charge on any atom is -0.438 e. The van der Waals surface area contributed by atoms with Gasteiger partial charge in [0.25, 0.3) is 0 Å². The summed E-state index contributed by atoms with van der Waals surface area (Å²) >= 11 is 6.34. The number of aliphatic hydroxyl groups excluding tert-OH is 1. The zero-order valence-electron chi connectivity index (χ0n) is 12.2. The Morgan fingerprint density at radius 2 is 2.24 bits per heavy atom. The van der Waals surface area contributed by atoms with E-state index in [1.165, 1.54) is 0 Å². The van der Waals surface area contributed by atoms with E-state index in [1.54, 1.807) is 13.0 Å². The van der Waals surface area contributed by atoms with Crippen molar-refractivity contribution in [1.29, 1.82) is 0 Å². The number of hydrogen-bond acceptors (Lipinski definition) is 3. The Morgan fingerprint density at radius 3 is 2.86 bits per heavy atom. The molecule has 5 heteroatoms. The molecule has 1 aliphatic rings. The molecule has 0 heterocycles. The Balaban J connectivity index is 2.48. The predicted molar refractivity (Wildman–Crippen MR) is 82.1 cm³/mol. The standard InChI is InChI=1S/C16H22ClNO3/c1-11(19)10-12-6-4-5-9-16(12,21-15(18)20)13-7-2-3-8-14(13)17/h2-3,7-8,11-12,19H,4-6,9-10H2,1H3,(H2,18,20)/t11?,12-,16-/m0/s1. The minimum absolute atomic E-state index is 0.0126. The first-order chi connectivity index (χ1) is 9.95. The van der Waals surface area contributed by atoms with Crippen LogP contribution in [0, 0.1) is 5.92 Å². The lowest BCUT2D eigenvalue weighted by Gasteiger charge is -2.44. The third kappa shape index (κ3) is 3.50. The topological polar surface area (TPSA) is 72.6 Å². The van der Waals surface area contributed by atoms with Gasteiger partial charge in [-0.1, -0.05) is 36.2 Å². The third-order valence-corrected chi connectivity index (χ3v) is 4.58. The summed E-state index contributed by atoms with van der Waals surface area (Å²) in [5.41, 5.74) is 5.28. The number of benzene rings is 1. The van der Waals surface area contributed by atoms with E-state index in [9.17, 15) is 9.90 Å². The Hall–Kier alpha value is -1.26. The Morgan fingerprint density at radius 1 is 1.52 bits per heavy atom. The van der Waals surface area contributed by atoms with Crippen molar-refractivity contribution in [2.75, 3.05) is 0 Å². The first kappa shape index (κ1) is 16.1. The van der Waals surface area contributed by atoms with Crippen molar-refractivity contribution in [2.24, 2.45) is 11.7 Å². The lowest BCUT2D eigenvalue weighted by atomic mass is 9.69. The lowest BCUT2D eigenvalue weighted by Crippen LogP contribution is -2.45. The van der Waals surface area contributed by atoms with Gasteiger partial charge in [-0.25, -0.2) is 4.79 Å². The summed E-state index contributed by atoms with van der Waals surface area (Å²) in [5.74, 6) is 0.0126. The van der Waals surface area contributed by atoms with Crippen LogP contribution in [0.5, 0.6) is 0 Å². The molecule has 1 amide bonds. The molecule has 1 aromatic carbocycles. The van der Waals surface area contributed by atoms with Crippen molar-refractivity contribution in [3.63, 3.8) is 0 Å². The van der Waals surface area contributed by atoms with Gasteiger partial charge in [0.15, 0.2) is 0 Å². The molecule has 21 heavy (non-hydrogen) atoms. The second kappa shape index (κ2) is 6.67. The molecule has 1 unspecified atom stereocenters. The monoisotopic (exact) mass is 311 g/mol. The molecule has 3 atom stereocenters. The molecule has 4 nitrogen and oxygen atoms in total. The van der Waals surface area contributed by atoms with E-state index in [0.29, 0.717) is 17.9 Å². The van der Waals surface area contributed by atoms with Crippen LogP contribution in [0.4, 0.5) is 4.79 Å². The van der Waals surface area contributed by atoms with Crippen molar-refractivity contribution in [3.8, 4) is 0 Å². The maximum atomic E-state index is 11.5. The van der Waals surface area contributed by atoms with Crippen LogP contribution in [0.2, 0.25) is 5.02 Å². The Bertz CT molecular complexity index is 506. The number of hydrogen-bond donors (Lipinski definition) is 2. The summed E-state index contributed by atoms with van der Waals surface area (Å²) in [6.45, 7) is 1.75. The van der Waals surface area contributed by atoms with Gasteiger partial charge in [-0.15, -0.1) is 0 Å². The highest BCUT2D eigenvalue weighted by molar-refractivity contribution is 6.31. The van der Waals surface area contributed by atoms with Crippen LogP contribution in [-0.2, 0) is 10.3 Å². The van der Waals surface area contributed by atoms with Crippen molar-refractivity contribution in [3.05, 3.63) is 34.9 Å². The summed E-state index contributed by atoms with van der Waals surface area (Å²) in [6.07, 6.45) is 2.83. The molecule has 1 fully saturated rings. The van der Waals surface area contributed by atoms with Crippen molar-refractivity contribution in [2.45, 2.75) is 50.7 Å². The summed E-state index contributed by atoms with van der Waals surface area (Å²) in [4.78, 5) is 11.5. The fourth-order valence-electron chi connectivity index (χ4n) is 3.46. The number of ether oxygens (including phenoxy) is 1. The highest BCUT2D eigenvalue weighted by Gasteiger charge is 2.46. The molecule has 2 rings (SSSR count). The van der Waals surface area contributed by atoms with E-state index in [2.05, 4.69) is 0 Å². The molecule has 116 valence electrons. The predicted octanol–water partition coefficient (Wildman–Crippen LogP) is 3.59. The van der Waals surface area contributed by atoms with Gasteiger partial charge in [0.2, 0.25) is 0 Å². The molecular weight excluding hydrogens is 290 g/mol. The fourth-order valence-corrected chi connectivity index (χ4v) is 3.76. The number of carbonyl (C=O) groups is 1. The average Bonchev–Trinajstić information content (AvgIpc) is 2.40. The van der Waals surface area contributed by atoms with Crippen molar-refractivity contribution >= 4 is 17.7 Å². The van der Waals surface area contributed by atoms with E-state index < -0.39 is 17.8 Å². The number of rotatable bonds is 4. The van der Waals surface area contributed by atoms with Crippen LogP contribution in [0.3, 0.4) is 0 Å². The average molecular weight is 312 g/mol. The van der Waals surface area contributed by atoms with Crippen molar-refractivity contribution < 1.29 is 14.6 Å². The Kier molecular flexibility index (Phi) is 5.12. The first-order valence-corrected chi connectivity index (χ1v) is 7.75. The second-order valence-electron chi connectivity index (χ2n) is 5.82. The van der Waals surface area contributed by atoms with Crippen LogP contribution in [0.25, 0.3) is 0 Å². The summed E-state index contributed by atoms with van der Waals surface area (Å²) in [6, 6.07) is 7.39. The summed E-state index contributed by atoms with van der Waals surface area (Å²) in [7, 11) is 0. The van der Waals surface area contributed by atoms with Crippen molar-refractivity contribution in [1.82, 2.24) is 0 Å². The molecule has 3 N–H and O–H groups in total. The zero-order chi connectivity index (χ0) is 15.5. The van der Waals surface area contributed by atoms with Gasteiger partial charge in [-0.05, 0) is 38.7 Å². The number of primary amides is 1. The van der Waals surface area contributed by atoms with E-state index in [4.69, 9.17) is 22.1 Å². The molecule has 0 bridgehead atoms. The van der Waals surface area contributed by atoms with Gasteiger partial charge in [0.1, 0.15) is 5.60 Å². The SMILES string of the molecule is CC(O)C[C@@H]1CCCC[C@@]1(OC(N)=O)c1ccccc1Cl. The van der Waals surface area contributed by atoms with E-state index in [0.717, 1.165) is 24.8 Å². The van der Waals surface area contributed by atoms with Crippen LogP contribution < -0.4 is 5.73 Å². The number of carbonyl (C=O) groups excluding carboxylic acids is 1. The molecule has 1 saturated carbocycles. The highest BCUT2D eigenvalue weighted by Crippen LogP contribution is 2.48. The van der Waals surface area contributed by atoms with Gasteiger partial charge >= 0.3 is 6.09 Å². The molecule has 1 aliphatic carbocycles. The summed E-state index contributed by atoms with van der Waals surface area (Å²) in [5, 5.41) is 10.3. The van der Waals surface area contributed by atoms with Gasteiger partial charge < -0.3 is 15.6 Å². The van der Waals surface area contributed by atoms with Gasteiger partial charge in [0, 0.05) is 16.5 Å². The van der Waals surface area contributed by atoms with Crippen LogP contribution in [0.1, 0.15) is 44.6 Å². The zero-order valence-corrected chi connectivity index (χ0v) is 13.0. The normalized spacial score (nSPS) is 27.1. The molecule has 0 saturated heterocycles. The first-order valence-electron chi connectivity index (χ1n) is 7.37. The molecule has 0 radical (unpaired) electrons. The van der Waals surface area contributed by atoms with Gasteiger partial charge in [-0.3, -0.25) is 0 Å². The van der Waals surface area contributed by atoms with Gasteiger partial charge in [0.05, 0.1) is 6.10 Å². The van der Waals surface area contributed by atoms with Crippen LogP contribution in [0.15, 0.2) is 24.3 Å². The number of nitrogens with two attached hydrogens (primary N) is 1. The van der Waals surface area contributed by atoms with Crippen LogP contribution in [-0.4, -0.2) is 17.3 Å². The van der Waals surface area contributed by atoms with Gasteiger partial charge in [-0.2, -0.15) is 0 Å². The number of aliphatic hydroxyl groups is 1. The number of amides is 1. The molecule has 1 aromatic rings. The summed E-state index contributed by atoms with van der Waals surface area (Å²) < 4.78 is 5.60. The largest absolute Gasteiger partial charge is 0.438 e. The quantitative estimate of drug-likeness (QED) is 0.892. The molecule has 0 spiro atoms. The maximum Gasteiger partial charge on any atom is 0.405 e. The van der Waals surface area contributed by atoms with Crippen LogP contribution >= 0.6 is 11.6 Å².